The van der Waals surface area contributed by atoms with E-state index in [0.717, 1.165) is 16.6 Å². The van der Waals surface area contributed by atoms with Gasteiger partial charge < -0.3 is 4.90 Å². The highest BCUT2D eigenvalue weighted by molar-refractivity contribution is 9.10. The molecule has 2 aliphatic carbocycles. The monoisotopic (exact) mass is 517 g/mol. The molecule has 0 aromatic heterocycles. The van der Waals surface area contributed by atoms with Gasteiger partial charge in [0.2, 0.25) is 0 Å². The molecule has 0 bridgehead atoms. The normalized spacial score (nSPS) is 17.5. The van der Waals surface area contributed by atoms with Gasteiger partial charge in [-0.1, -0.05) is 103 Å². The molecule has 0 aliphatic heterocycles. The Hall–Kier alpha value is -3.36. The van der Waals surface area contributed by atoms with E-state index < -0.39 is 0 Å². The van der Waals surface area contributed by atoms with Crippen LogP contribution in [-0.4, -0.2) is 0 Å². The van der Waals surface area contributed by atoms with Crippen molar-refractivity contribution in [2.75, 3.05) is 4.90 Å². The van der Waals surface area contributed by atoms with Crippen LogP contribution in [0.3, 0.4) is 0 Å². The summed E-state index contributed by atoms with van der Waals surface area (Å²) >= 11 is 3.61. The highest BCUT2D eigenvalue weighted by atomic mass is 79.9. The molecule has 0 heterocycles. The molecule has 2 heteroatoms. The molecule has 0 N–H and O–H groups in total. The Morgan fingerprint density at radius 2 is 1.43 bits per heavy atom. The molecule has 1 nitrogen and oxygen atoms in total. The van der Waals surface area contributed by atoms with Gasteiger partial charge in [-0.15, -0.1) is 0 Å². The number of nitrogens with zero attached hydrogens (tertiary/aromatic N) is 1. The Kier molecular flexibility index (Phi) is 5.50. The lowest BCUT2D eigenvalue weighted by atomic mass is 9.82. The average molecular weight is 518 g/mol. The molecular formula is C33H28BrN. The molecule has 4 aromatic carbocycles. The first-order valence-corrected chi connectivity index (χ1v) is 13.0. The summed E-state index contributed by atoms with van der Waals surface area (Å²) in [6.07, 6.45) is 8.01. The fourth-order valence-electron chi connectivity index (χ4n) is 5.59. The van der Waals surface area contributed by atoms with Crippen LogP contribution in [0.4, 0.5) is 11.4 Å². The van der Waals surface area contributed by atoms with E-state index in [-0.39, 0.29) is 5.41 Å². The third-order valence-corrected chi connectivity index (χ3v) is 8.00. The molecule has 0 saturated carbocycles. The van der Waals surface area contributed by atoms with Crippen LogP contribution in [0.2, 0.25) is 0 Å². The van der Waals surface area contributed by atoms with Gasteiger partial charge in [0, 0.05) is 32.9 Å². The summed E-state index contributed by atoms with van der Waals surface area (Å²) in [6, 6.07) is 35.2. The molecule has 0 amide bonds. The minimum atomic E-state index is -0.0253. The zero-order valence-corrected chi connectivity index (χ0v) is 21.7. The number of rotatable bonds is 4. The van der Waals surface area contributed by atoms with Crippen molar-refractivity contribution in [1.29, 1.82) is 0 Å². The van der Waals surface area contributed by atoms with Crippen molar-refractivity contribution in [1.82, 2.24) is 0 Å². The lowest BCUT2D eigenvalue weighted by molar-refractivity contribution is 0.660. The van der Waals surface area contributed by atoms with E-state index in [1.165, 1.54) is 39.2 Å². The van der Waals surface area contributed by atoms with Crippen LogP contribution in [0.25, 0.3) is 11.1 Å². The molecule has 4 aromatic rings. The Labute approximate surface area is 216 Å². The minimum Gasteiger partial charge on any atom is -0.311 e. The quantitative estimate of drug-likeness (QED) is 0.260. The fraction of sp³-hybridized carbons (Fsp3) is 0.152. The fourth-order valence-corrected chi connectivity index (χ4v) is 5.86. The maximum atomic E-state index is 3.61. The van der Waals surface area contributed by atoms with Gasteiger partial charge in [0.15, 0.2) is 0 Å². The number of allylic oxidation sites excluding steroid dienone is 3. The standard InChI is InChI=1S/C33H28BrN/c1-33(2)31-11-7-6-10-29(31)30-21-20-28(22-32(30)33)35(27-18-14-25(34)15-19-27)26-16-12-24(13-17-26)23-8-4-3-5-9-23/h3-12,14-22,24H,13H2,1-2H3. The van der Waals surface area contributed by atoms with Crippen LogP contribution >= 0.6 is 15.9 Å². The van der Waals surface area contributed by atoms with Crippen molar-refractivity contribution in [3.05, 3.63) is 142 Å². The zero-order chi connectivity index (χ0) is 24.0. The second kappa shape index (κ2) is 8.70. The molecule has 0 saturated heterocycles. The van der Waals surface area contributed by atoms with Gasteiger partial charge >= 0.3 is 0 Å². The van der Waals surface area contributed by atoms with Gasteiger partial charge in [-0.25, -0.2) is 0 Å². The van der Waals surface area contributed by atoms with Crippen molar-refractivity contribution in [3.63, 3.8) is 0 Å². The molecule has 0 fully saturated rings. The third kappa shape index (κ3) is 3.86. The van der Waals surface area contributed by atoms with Crippen LogP contribution in [0.15, 0.2) is 125 Å². The number of anilines is 2. The van der Waals surface area contributed by atoms with E-state index in [4.69, 9.17) is 0 Å². The second-order valence-corrected chi connectivity index (χ2v) is 10.9. The van der Waals surface area contributed by atoms with Gasteiger partial charge in [-0.2, -0.15) is 0 Å². The van der Waals surface area contributed by atoms with E-state index >= 15 is 0 Å². The molecular weight excluding hydrogens is 490 g/mol. The van der Waals surface area contributed by atoms with Gasteiger partial charge in [-0.05, 0) is 76.7 Å². The Morgan fingerprint density at radius 1 is 0.743 bits per heavy atom. The molecule has 0 spiro atoms. The van der Waals surface area contributed by atoms with Crippen molar-refractivity contribution in [2.45, 2.75) is 31.6 Å². The minimum absolute atomic E-state index is 0.0253. The van der Waals surface area contributed by atoms with Crippen molar-refractivity contribution >= 4 is 27.3 Å². The van der Waals surface area contributed by atoms with E-state index in [2.05, 4.69) is 150 Å². The first-order chi connectivity index (χ1) is 17.0. The van der Waals surface area contributed by atoms with Crippen LogP contribution in [0.5, 0.6) is 0 Å². The average Bonchev–Trinajstić information content (AvgIpc) is 3.13. The van der Waals surface area contributed by atoms with E-state index in [9.17, 15) is 0 Å². The Morgan fingerprint density at radius 3 is 2.17 bits per heavy atom. The molecule has 2 aliphatic rings. The van der Waals surface area contributed by atoms with Gasteiger partial charge in [-0.3, -0.25) is 0 Å². The topological polar surface area (TPSA) is 3.24 Å². The summed E-state index contributed by atoms with van der Waals surface area (Å²) in [7, 11) is 0. The lowest BCUT2D eigenvalue weighted by Crippen LogP contribution is -2.19. The van der Waals surface area contributed by atoms with Crippen molar-refractivity contribution in [2.24, 2.45) is 0 Å². The molecule has 0 radical (unpaired) electrons. The molecule has 6 rings (SSSR count). The third-order valence-electron chi connectivity index (χ3n) is 7.48. The molecule has 172 valence electrons. The van der Waals surface area contributed by atoms with E-state index in [1.807, 2.05) is 0 Å². The zero-order valence-electron chi connectivity index (χ0n) is 20.1. The first kappa shape index (κ1) is 22.1. The lowest BCUT2D eigenvalue weighted by Gasteiger charge is -2.30. The smallest absolute Gasteiger partial charge is 0.0464 e. The highest BCUT2D eigenvalue weighted by Crippen LogP contribution is 2.50. The maximum Gasteiger partial charge on any atom is 0.0464 e. The summed E-state index contributed by atoms with van der Waals surface area (Å²) < 4.78 is 1.09. The predicted molar refractivity (Wildman–Crippen MR) is 151 cm³/mol. The number of benzene rings is 4. The number of hydrogen-bond acceptors (Lipinski definition) is 1. The summed E-state index contributed by atoms with van der Waals surface area (Å²) in [6.45, 7) is 4.69. The second-order valence-electron chi connectivity index (χ2n) is 9.95. The van der Waals surface area contributed by atoms with Crippen LogP contribution in [0, 0.1) is 0 Å². The van der Waals surface area contributed by atoms with Crippen molar-refractivity contribution < 1.29 is 0 Å². The van der Waals surface area contributed by atoms with Crippen LogP contribution < -0.4 is 4.90 Å². The largest absolute Gasteiger partial charge is 0.311 e. The SMILES string of the molecule is CC1(C)c2ccccc2-c2ccc(N(C3=CCC(c4ccccc4)C=C3)c3ccc(Br)cc3)cc21. The Bertz CT molecular complexity index is 1440. The summed E-state index contributed by atoms with van der Waals surface area (Å²) in [4.78, 5) is 2.39. The summed E-state index contributed by atoms with van der Waals surface area (Å²) in [5.74, 6) is 0.417. The van der Waals surface area contributed by atoms with Gasteiger partial charge in [0.05, 0.1) is 0 Å². The first-order valence-electron chi connectivity index (χ1n) is 12.3. The maximum absolute atomic E-state index is 3.61. The summed E-state index contributed by atoms with van der Waals surface area (Å²) in [5, 5.41) is 0. The number of fused-ring (bicyclic) bond motifs is 3. The van der Waals surface area contributed by atoms with E-state index in [1.54, 1.807) is 0 Å². The van der Waals surface area contributed by atoms with Gasteiger partial charge in [0.25, 0.3) is 0 Å². The predicted octanol–water partition coefficient (Wildman–Crippen LogP) is 9.52. The molecule has 1 atom stereocenters. The van der Waals surface area contributed by atoms with Crippen LogP contribution in [0.1, 0.15) is 42.9 Å². The van der Waals surface area contributed by atoms with Gasteiger partial charge in [0.1, 0.15) is 0 Å². The molecule has 1 unspecified atom stereocenters. The summed E-state index contributed by atoms with van der Waals surface area (Å²) in [5.41, 5.74) is 10.4. The van der Waals surface area contributed by atoms with Crippen LogP contribution in [-0.2, 0) is 5.41 Å². The number of hydrogen-bond donors (Lipinski definition) is 0. The Balaban J connectivity index is 1.42. The molecule has 35 heavy (non-hydrogen) atoms. The highest BCUT2D eigenvalue weighted by Gasteiger charge is 2.35. The van der Waals surface area contributed by atoms with E-state index in [0.29, 0.717) is 5.92 Å². The van der Waals surface area contributed by atoms with Crippen molar-refractivity contribution in [3.8, 4) is 11.1 Å². The number of halogens is 1.